The first kappa shape index (κ1) is 32.7. The molecule has 0 saturated heterocycles. The van der Waals surface area contributed by atoms with Crippen LogP contribution in [0.15, 0.2) is 0 Å². The first-order valence-electron chi connectivity index (χ1n) is 0. The van der Waals surface area contributed by atoms with Gasteiger partial charge in [0.25, 0.3) is 0 Å². The first-order valence-corrected chi connectivity index (χ1v) is 0. The summed E-state index contributed by atoms with van der Waals surface area (Å²) in [4.78, 5) is 0. The zero-order chi connectivity index (χ0) is 0. The Morgan fingerprint density at radius 3 is 1.00 bits per heavy atom. The van der Waals surface area contributed by atoms with E-state index in [9.17, 15) is 0 Å². The van der Waals surface area contributed by atoms with Gasteiger partial charge in [0.05, 0.1) is 0 Å². The molecule has 0 aromatic rings. The molecule has 0 fully saturated rings. The average molecular weight is 215 g/mol. The summed E-state index contributed by atoms with van der Waals surface area (Å²) in [5.74, 6) is 0. The number of hydrogen-bond acceptors (Lipinski definition) is 0. The summed E-state index contributed by atoms with van der Waals surface area (Å²) in [6.45, 7) is 0. The van der Waals surface area contributed by atoms with Crippen LogP contribution in [0.4, 0.5) is 0 Å². The van der Waals surface area contributed by atoms with Crippen molar-refractivity contribution in [1.82, 2.24) is 0 Å². The van der Waals surface area contributed by atoms with Gasteiger partial charge in [0.2, 0.25) is 0 Å². The van der Waals surface area contributed by atoms with Crippen molar-refractivity contribution in [2.45, 2.75) is 0 Å². The molecule has 0 aromatic heterocycles. The van der Waals surface area contributed by atoms with Gasteiger partial charge in [-0.15, -0.1) is 0 Å². The first-order chi connectivity index (χ1) is 0. The van der Waals surface area contributed by atoms with Gasteiger partial charge in [-0.2, -0.15) is 0 Å². The molecule has 0 unspecified atom stereocenters. The van der Waals surface area contributed by atoms with Crippen LogP contribution >= 0.6 is 0 Å². The minimum Gasteiger partial charge on any atom is -0.0149 e. The van der Waals surface area contributed by atoms with Crippen molar-refractivity contribution in [1.29, 1.82) is 0 Å². The smallest absolute Gasteiger partial charge is 0.0149 e. The predicted octanol–water partition coefficient (Wildman–Crippen LogP) is -2.64. The van der Waals surface area contributed by atoms with Crippen LogP contribution in [0.2, 0.25) is 0 Å². The summed E-state index contributed by atoms with van der Waals surface area (Å²) >= 11 is 0. The quantitative estimate of drug-likeness (QED) is 0.387. The normalized spacial score (nSPS) is 0. The Morgan fingerprint density at radius 2 is 1.00 bits per heavy atom. The Hall–Kier alpha value is 2.37. The van der Waals surface area contributed by atoms with E-state index in [-0.39, 0.29) is 78.1 Å². The van der Waals surface area contributed by atoms with Crippen molar-refractivity contribution >= 4 is 28.3 Å². The third kappa shape index (κ3) is 8.84. The van der Waals surface area contributed by atoms with Crippen molar-refractivity contribution in [2.24, 2.45) is 0 Å². The van der Waals surface area contributed by atoms with Gasteiger partial charge in [0.1, 0.15) is 0 Å². The van der Waals surface area contributed by atoms with Crippen LogP contribution in [0.5, 0.6) is 0 Å². The second-order valence-electron chi connectivity index (χ2n) is 0. The maximum Gasteiger partial charge on any atom is 0.187 e. The van der Waals surface area contributed by atoms with Gasteiger partial charge in [0.15, 0.2) is 17.4 Å². The molecule has 0 bridgehead atoms. The molecule has 0 atom stereocenters. The summed E-state index contributed by atoms with van der Waals surface area (Å²) in [6.07, 6.45) is 0. The fourth-order valence-corrected chi connectivity index (χ4v) is 0. The molecule has 0 aliphatic heterocycles. The number of rotatable bonds is 0. The summed E-state index contributed by atoms with van der Waals surface area (Å²) in [5, 5.41) is 0. The van der Waals surface area contributed by atoms with Crippen molar-refractivity contribution in [3.05, 3.63) is 0 Å². The summed E-state index contributed by atoms with van der Waals surface area (Å²) in [6, 6.07) is 0. The Kier molecular flexibility index (Phi) is 149. The minimum absolute atomic E-state index is 0. The molecule has 2 radical (unpaired) electrons. The van der Waals surface area contributed by atoms with Crippen molar-refractivity contribution in [3.8, 4) is 0 Å². The Labute approximate surface area is 77.0 Å². The molecule has 0 aromatic carbocycles. The van der Waals surface area contributed by atoms with E-state index in [2.05, 4.69) is 0 Å². The molecule has 0 rings (SSSR count). The van der Waals surface area contributed by atoms with Crippen molar-refractivity contribution in [3.63, 3.8) is 0 Å². The zero-order valence-electron chi connectivity index (χ0n) is 0.879. The van der Waals surface area contributed by atoms with Crippen LogP contribution < -0.4 is 0 Å². The van der Waals surface area contributed by atoms with Crippen LogP contribution in [-0.4, -0.2) is 28.3 Å². The molecule has 4 heavy (non-hydrogen) atoms. The van der Waals surface area contributed by atoms with Crippen LogP contribution in [0, 0.1) is 0 Å². The fourth-order valence-electron chi connectivity index (χ4n) is 0. The Bertz CT molecular complexity index is 8.00. The third-order valence-corrected chi connectivity index (χ3v) is 0. The summed E-state index contributed by atoms with van der Waals surface area (Å²) in [7, 11) is 0. The molecule has 0 heterocycles. The van der Waals surface area contributed by atoms with E-state index in [0.29, 0.717) is 0 Å². The molecule has 4 heteroatoms. The van der Waals surface area contributed by atoms with Crippen LogP contribution in [0.1, 0.15) is 0 Å². The molecule has 28 valence electrons. The maximum absolute atomic E-state index is 0. The summed E-state index contributed by atoms with van der Waals surface area (Å²) in [5.41, 5.74) is 0. The second kappa shape index (κ2) is 18.2. The van der Waals surface area contributed by atoms with E-state index >= 15 is 0 Å². The van der Waals surface area contributed by atoms with Crippen LogP contribution in [0.25, 0.3) is 0 Å². The van der Waals surface area contributed by atoms with Gasteiger partial charge in [0, 0.05) is 49.8 Å². The maximum atomic E-state index is 0. The molecule has 0 saturated carbocycles. The van der Waals surface area contributed by atoms with Gasteiger partial charge in [-0.05, 0) is 11.0 Å². The Morgan fingerprint density at radius 1 is 1.00 bits per heavy atom. The van der Waals surface area contributed by atoms with Gasteiger partial charge in [-0.3, -0.25) is 0 Å². The zero-order valence-corrected chi connectivity index (χ0v) is 4.66. The SMILES string of the molecule is [AlH3].[Cu].[SiH4].[Y]. The minimum atomic E-state index is 0. The molecule has 0 aliphatic rings. The van der Waals surface area contributed by atoms with Gasteiger partial charge in [-0.1, -0.05) is 0 Å². The van der Waals surface area contributed by atoms with Crippen molar-refractivity contribution in [2.75, 3.05) is 0 Å². The van der Waals surface area contributed by atoms with E-state index in [1.807, 2.05) is 0 Å². The fraction of sp³-hybridized carbons (Fsp3) is 0. The molecule has 0 N–H and O–H groups in total. The monoisotopic (exact) mass is 214 g/mol. The van der Waals surface area contributed by atoms with Crippen molar-refractivity contribution < 1.29 is 49.8 Å². The number of hydrogen-bond donors (Lipinski definition) is 0. The molecule has 0 amide bonds. The van der Waals surface area contributed by atoms with Gasteiger partial charge >= 0.3 is 0 Å². The third-order valence-electron chi connectivity index (χ3n) is 0. The van der Waals surface area contributed by atoms with Crippen LogP contribution in [0.3, 0.4) is 0 Å². The van der Waals surface area contributed by atoms with E-state index in [4.69, 9.17) is 0 Å². The van der Waals surface area contributed by atoms with E-state index in [1.165, 1.54) is 0 Å². The molecular formula is H7AlCuSiY. The molecular weight excluding hydrogens is 208 g/mol. The van der Waals surface area contributed by atoms with Gasteiger partial charge < -0.3 is 0 Å². The van der Waals surface area contributed by atoms with E-state index in [1.54, 1.807) is 0 Å². The summed E-state index contributed by atoms with van der Waals surface area (Å²) < 4.78 is 0. The average Bonchev–Trinajstić information content (AvgIpc) is 0. The molecule has 0 aliphatic carbocycles. The van der Waals surface area contributed by atoms with E-state index < -0.39 is 0 Å². The molecule has 0 spiro atoms. The van der Waals surface area contributed by atoms with Crippen LogP contribution in [-0.2, 0) is 49.8 Å². The predicted molar refractivity (Wildman–Crippen MR) is 21.3 cm³/mol. The van der Waals surface area contributed by atoms with E-state index in [0.717, 1.165) is 0 Å². The van der Waals surface area contributed by atoms with Gasteiger partial charge in [-0.25, -0.2) is 0 Å². The Balaban J connectivity index is 0. The molecule has 0 nitrogen and oxygen atoms in total. The topological polar surface area (TPSA) is 0 Å². The largest absolute Gasteiger partial charge is 0.187 e. The second-order valence-corrected chi connectivity index (χ2v) is 0. The standard InChI is InChI=1S/Al.Cu.H4Si.Y.3H/h;;1H4;;;;.